The van der Waals surface area contributed by atoms with E-state index in [-0.39, 0.29) is 28.6 Å². The average molecular weight is 617 g/mol. The second-order valence-electron chi connectivity index (χ2n) is 8.39. The normalized spacial score (nSPS) is 13.4. The maximum Gasteiger partial charge on any atom is 0.324 e. The van der Waals surface area contributed by atoms with Crippen LogP contribution in [0, 0.1) is 0 Å². The number of carboxylic acid groups (broad SMARTS) is 2. The molecule has 8 nitrogen and oxygen atoms in total. The van der Waals surface area contributed by atoms with E-state index in [9.17, 15) is 45.8 Å². The summed E-state index contributed by atoms with van der Waals surface area (Å²) in [6.45, 7) is 4.76. The first-order valence-corrected chi connectivity index (χ1v) is 14.3. The molecule has 2 aromatic carbocycles. The fraction of sp³-hybridized carbons (Fsp3) is 0.259. The quantitative estimate of drug-likeness (QED) is 0.131. The van der Waals surface area contributed by atoms with Gasteiger partial charge in [0.1, 0.15) is 36.4 Å². The summed E-state index contributed by atoms with van der Waals surface area (Å²) in [4.78, 5) is 21.5. The van der Waals surface area contributed by atoms with Crippen LogP contribution < -0.4 is 8.61 Å². The van der Waals surface area contributed by atoms with Gasteiger partial charge in [0.25, 0.3) is 10.0 Å². The molecule has 0 amide bonds. The molecule has 0 bridgehead atoms. The van der Waals surface area contributed by atoms with E-state index in [1.807, 2.05) is 0 Å². The van der Waals surface area contributed by atoms with Crippen molar-refractivity contribution < 1.29 is 45.8 Å². The van der Waals surface area contributed by atoms with Crippen molar-refractivity contribution in [1.82, 2.24) is 0 Å². The predicted octanol–water partition coefficient (Wildman–Crippen LogP) is 7.14. The summed E-state index contributed by atoms with van der Waals surface area (Å²) in [5.74, 6) is -7.85. The van der Waals surface area contributed by atoms with E-state index in [1.54, 1.807) is 6.92 Å². The maximum atomic E-state index is 14.7. The topological polar surface area (TPSA) is 115 Å². The molecule has 2 rings (SSSR count). The molecular formula is C27H28F4N2O6S2. The Kier molecular flexibility index (Phi) is 11.6. The van der Waals surface area contributed by atoms with E-state index >= 15 is 0 Å². The minimum Gasteiger partial charge on any atom is -0.480 e. The largest absolute Gasteiger partial charge is 0.480 e. The fourth-order valence-corrected chi connectivity index (χ4v) is 6.34. The van der Waals surface area contributed by atoms with E-state index in [2.05, 4.69) is 6.58 Å². The highest BCUT2D eigenvalue weighted by atomic mass is 32.2. The molecule has 0 heterocycles. The molecule has 0 atom stereocenters. The molecule has 14 heteroatoms. The Bertz CT molecular complexity index is 1550. The van der Waals surface area contributed by atoms with Gasteiger partial charge in [0.2, 0.25) is 0 Å². The van der Waals surface area contributed by atoms with Gasteiger partial charge in [0, 0.05) is 10.8 Å². The second kappa shape index (κ2) is 14.2. The highest BCUT2D eigenvalue weighted by Gasteiger charge is 2.35. The Morgan fingerprint density at radius 2 is 1.49 bits per heavy atom. The van der Waals surface area contributed by atoms with Crippen LogP contribution in [-0.4, -0.2) is 43.7 Å². The Balaban J connectivity index is 2.89. The number of rotatable bonds is 14. The lowest BCUT2D eigenvalue weighted by molar-refractivity contribution is -0.136. The van der Waals surface area contributed by atoms with Gasteiger partial charge in [0.15, 0.2) is 4.91 Å². The maximum absolute atomic E-state index is 14.7. The molecule has 0 radical (unpaired) electrons. The van der Waals surface area contributed by atoms with E-state index < -0.39 is 74.6 Å². The molecule has 0 aliphatic heterocycles. The van der Waals surface area contributed by atoms with Gasteiger partial charge >= 0.3 is 11.9 Å². The summed E-state index contributed by atoms with van der Waals surface area (Å²) in [6, 6.07) is 8.12. The molecule has 0 aromatic heterocycles. The molecule has 0 saturated carbocycles. The van der Waals surface area contributed by atoms with Crippen molar-refractivity contribution >= 4 is 56.1 Å². The van der Waals surface area contributed by atoms with Gasteiger partial charge in [-0.3, -0.25) is 13.9 Å². The van der Waals surface area contributed by atoms with E-state index in [4.69, 9.17) is 0 Å². The summed E-state index contributed by atoms with van der Waals surface area (Å²) in [5, 5.41) is 19.2. The molecule has 0 fully saturated rings. The van der Waals surface area contributed by atoms with Crippen LogP contribution in [0.25, 0.3) is 10.8 Å². The number of aliphatic carboxylic acids is 2. The monoisotopic (exact) mass is 616 g/mol. The molecule has 0 aliphatic carbocycles. The van der Waals surface area contributed by atoms with Crippen molar-refractivity contribution in [2.45, 2.75) is 33.6 Å². The molecule has 0 aliphatic rings. The highest BCUT2D eigenvalue weighted by molar-refractivity contribution is 8.04. The summed E-state index contributed by atoms with van der Waals surface area (Å²) in [7, 11) is -5.16. The third-order valence-corrected chi connectivity index (χ3v) is 8.51. The number of carboxylic acids is 2. The van der Waals surface area contributed by atoms with Crippen LogP contribution in [0.15, 0.2) is 82.2 Å². The Hall–Kier alpha value is -3.78. The number of nitrogens with zero attached hydrogens (tertiary/aromatic N) is 2. The van der Waals surface area contributed by atoms with Gasteiger partial charge < -0.3 is 14.5 Å². The Labute approximate surface area is 239 Å². The molecule has 41 heavy (non-hydrogen) atoms. The van der Waals surface area contributed by atoms with Crippen molar-refractivity contribution in [3.05, 3.63) is 82.2 Å². The zero-order chi connectivity index (χ0) is 31.1. The average Bonchev–Trinajstić information content (AvgIpc) is 2.88. The van der Waals surface area contributed by atoms with Crippen LogP contribution in [0.5, 0.6) is 0 Å². The second-order valence-corrected chi connectivity index (χ2v) is 11.2. The number of hydrogen-bond donors (Lipinski definition) is 2. The van der Waals surface area contributed by atoms with Crippen molar-refractivity contribution in [1.29, 1.82) is 0 Å². The molecular weight excluding hydrogens is 588 g/mol. The Morgan fingerprint density at radius 1 is 0.951 bits per heavy atom. The SMILES string of the molecule is C=C(F)/C(=C(/F)CC)S(=O)(=O)N(CC(=O)O)c1ccc(N(CC(=O)O)SC(=C(/C)F)/C(F)=C\CC)c2ccccc12. The summed E-state index contributed by atoms with van der Waals surface area (Å²) in [5.41, 5.74) is -0.220. The van der Waals surface area contributed by atoms with Gasteiger partial charge in [-0.2, -0.15) is 0 Å². The van der Waals surface area contributed by atoms with E-state index in [0.717, 1.165) is 23.4 Å². The van der Waals surface area contributed by atoms with Crippen LogP contribution in [0.3, 0.4) is 0 Å². The van der Waals surface area contributed by atoms with E-state index in [0.29, 0.717) is 16.3 Å². The standard InChI is InChI=1S/C27H28F4N2O6S2/c1-5-9-21(31)26(16(3)28)40-32(14-24(34)35)22-12-13-23(19-11-8-7-10-18(19)22)33(15-25(36)37)41(38,39)27(17(4)29)20(30)6-2/h7-13H,4-6,14-15H2,1-3H3,(H,34,35)(H,36,37)/b21-9+,26-16-,27-20-. The third kappa shape index (κ3) is 7.91. The smallest absolute Gasteiger partial charge is 0.324 e. The summed E-state index contributed by atoms with van der Waals surface area (Å²) < 4.78 is 86.1. The first kappa shape index (κ1) is 33.4. The number of halogens is 4. The van der Waals surface area contributed by atoms with Gasteiger partial charge in [0.05, 0.1) is 16.3 Å². The van der Waals surface area contributed by atoms with E-state index in [1.165, 1.54) is 37.3 Å². The molecule has 2 aromatic rings. The molecule has 0 saturated heterocycles. The zero-order valence-electron chi connectivity index (χ0n) is 22.3. The minimum atomic E-state index is -5.16. The lowest BCUT2D eigenvalue weighted by Gasteiger charge is -2.28. The minimum absolute atomic E-state index is 0.0404. The fourth-order valence-electron chi connectivity index (χ4n) is 3.77. The number of fused-ring (bicyclic) bond motifs is 1. The number of hydrogen-bond acceptors (Lipinski definition) is 6. The number of allylic oxidation sites excluding steroid dienone is 5. The summed E-state index contributed by atoms with van der Waals surface area (Å²) >= 11 is 0.458. The van der Waals surface area contributed by atoms with Gasteiger partial charge in [-0.1, -0.05) is 44.7 Å². The lowest BCUT2D eigenvalue weighted by Crippen LogP contribution is -2.37. The molecule has 2 N–H and O–H groups in total. The van der Waals surface area contributed by atoms with Crippen molar-refractivity contribution in [2.75, 3.05) is 21.7 Å². The van der Waals surface area contributed by atoms with Crippen LogP contribution in [0.4, 0.5) is 28.9 Å². The van der Waals surface area contributed by atoms with Crippen molar-refractivity contribution in [3.63, 3.8) is 0 Å². The molecule has 0 spiro atoms. The van der Waals surface area contributed by atoms with Crippen molar-refractivity contribution in [2.24, 2.45) is 0 Å². The number of anilines is 2. The number of sulfonamides is 1. The van der Waals surface area contributed by atoms with Crippen molar-refractivity contribution in [3.8, 4) is 0 Å². The Morgan fingerprint density at radius 3 is 1.95 bits per heavy atom. The van der Waals surface area contributed by atoms with Crippen LogP contribution in [0.1, 0.15) is 33.6 Å². The lowest BCUT2D eigenvalue weighted by atomic mass is 10.1. The first-order valence-electron chi connectivity index (χ1n) is 12.1. The number of benzene rings is 2. The van der Waals surface area contributed by atoms with Gasteiger partial charge in [-0.25, -0.2) is 26.0 Å². The van der Waals surface area contributed by atoms with Crippen LogP contribution in [0.2, 0.25) is 0 Å². The highest BCUT2D eigenvalue weighted by Crippen LogP contribution is 2.42. The predicted molar refractivity (Wildman–Crippen MR) is 152 cm³/mol. The van der Waals surface area contributed by atoms with Gasteiger partial charge in [-0.15, -0.1) is 0 Å². The van der Waals surface area contributed by atoms with Crippen LogP contribution in [-0.2, 0) is 19.6 Å². The molecule has 0 unspecified atom stereocenters. The summed E-state index contributed by atoms with van der Waals surface area (Å²) in [6.07, 6.45) is 0.819. The van der Waals surface area contributed by atoms with Gasteiger partial charge in [-0.05, 0) is 49.9 Å². The van der Waals surface area contributed by atoms with Crippen LogP contribution >= 0.6 is 11.9 Å². The first-order chi connectivity index (χ1) is 19.2. The third-order valence-electron chi connectivity index (χ3n) is 5.44. The zero-order valence-corrected chi connectivity index (χ0v) is 24.0. The number of carbonyl (C=O) groups is 2. The molecule has 222 valence electrons.